The first-order valence-corrected chi connectivity index (χ1v) is 10.8. The Morgan fingerprint density at radius 3 is 2.57 bits per heavy atom. The van der Waals surface area contributed by atoms with Gasteiger partial charge in [-0.1, -0.05) is 24.3 Å². The summed E-state index contributed by atoms with van der Waals surface area (Å²) in [4.78, 5) is 21.9. The molecule has 5 rings (SSSR count). The summed E-state index contributed by atoms with van der Waals surface area (Å²) in [7, 11) is -1.86. The second-order valence-corrected chi connectivity index (χ2v) is 9.09. The quantitative estimate of drug-likeness (QED) is 0.534. The molecule has 3 heterocycles. The minimum atomic E-state index is -3.37. The number of hydrogen-bond donors (Lipinski definition) is 1. The van der Waals surface area contributed by atoms with Crippen molar-refractivity contribution in [1.29, 1.82) is 0 Å². The highest BCUT2D eigenvalue weighted by atomic mass is 32.2. The highest BCUT2D eigenvalue weighted by molar-refractivity contribution is 7.92. The van der Waals surface area contributed by atoms with Crippen molar-refractivity contribution in [3.63, 3.8) is 0 Å². The Labute approximate surface area is 172 Å². The number of aromatic nitrogens is 3. The Bertz CT molecular complexity index is 1480. The number of nitrogens with two attached hydrogens (primary N) is 1. The van der Waals surface area contributed by atoms with Gasteiger partial charge in [0.1, 0.15) is 5.75 Å². The molecule has 1 aliphatic heterocycles. The molecule has 4 aromatic rings. The monoisotopic (exact) mass is 419 g/mol. The molecule has 1 aliphatic rings. The van der Waals surface area contributed by atoms with E-state index in [9.17, 15) is 13.2 Å². The van der Waals surface area contributed by atoms with Crippen LogP contribution in [0, 0.1) is 0 Å². The number of sulfonamides is 1. The van der Waals surface area contributed by atoms with Gasteiger partial charge in [0.2, 0.25) is 16.0 Å². The van der Waals surface area contributed by atoms with Gasteiger partial charge in [0.15, 0.2) is 0 Å². The second-order valence-electron chi connectivity index (χ2n) is 7.09. The lowest BCUT2D eigenvalue weighted by Crippen LogP contribution is -2.23. The van der Waals surface area contributed by atoms with Crippen molar-refractivity contribution in [2.45, 2.75) is 5.75 Å². The average Bonchev–Trinajstić information content (AvgIpc) is 2.97. The summed E-state index contributed by atoms with van der Waals surface area (Å²) in [6, 6.07) is 16.1. The first-order valence-electron chi connectivity index (χ1n) is 9.19. The van der Waals surface area contributed by atoms with Crippen LogP contribution in [-0.2, 0) is 15.8 Å². The van der Waals surface area contributed by atoms with Gasteiger partial charge >= 0.3 is 0 Å². The van der Waals surface area contributed by atoms with Crippen molar-refractivity contribution in [2.24, 2.45) is 0 Å². The summed E-state index contributed by atoms with van der Waals surface area (Å²) >= 11 is 0. The molecule has 2 aromatic heterocycles. The largest absolute Gasteiger partial charge is 0.369 e. The van der Waals surface area contributed by atoms with E-state index in [0.717, 1.165) is 5.56 Å². The number of rotatable bonds is 2. The van der Waals surface area contributed by atoms with Crippen LogP contribution in [0.25, 0.3) is 27.7 Å². The number of fused-ring (bicyclic) bond motifs is 2. The van der Waals surface area contributed by atoms with E-state index in [2.05, 4.69) is 9.97 Å². The Morgan fingerprint density at radius 2 is 1.80 bits per heavy atom. The van der Waals surface area contributed by atoms with Gasteiger partial charge in [0.05, 0.1) is 28.0 Å². The molecular formula is C21H17N5O3S. The molecule has 30 heavy (non-hydrogen) atoms. The van der Waals surface area contributed by atoms with Crippen molar-refractivity contribution >= 4 is 32.6 Å². The third-order valence-electron chi connectivity index (χ3n) is 5.26. The van der Waals surface area contributed by atoms with Gasteiger partial charge in [-0.05, 0) is 35.9 Å². The highest BCUT2D eigenvalue weighted by Crippen LogP contribution is 2.34. The smallest absolute Gasteiger partial charge is 0.267 e. The highest BCUT2D eigenvalue weighted by Gasteiger charge is 2.31. The molecule has 0 bridgehead atoms. The van der Waals surface area contributed by atoms with Gasteiger partial charge < -0.3 is 5.73 Å². The SMILES string of the molecule is CN1c2cc(-c3ccc4nc(N)n(-c5ccccc5)c(=O)c4c3)cnc2CS1(=O)=O. The molecule has 0 fully saturated rings. The molecule has 150 valence electrons. The van der Waals surface area contributed by atoms with E-state index >= 15 is 0 Å². The molecule has 0 unspecified atom stereocenters. The van der Waals surface area contributed by atoms with Crippen molar-refractivity contribution in [3.8, 4) is 16.8 Å². The zero-order valence-corrected chi connectivity index (χ0v) is 16.8. The molecule has 2 N–H and O–H groups in total. The van der Waals surface area contributed by atoms with Crippen LogP contribution in [0.3, 0.4) is 0 Å². The topological polar surface area (TPSA) is 111 Å². The molecule has 8 nitrogen and oxygen atoms in total. The maximum absolute atomic E-state index is 13.2. The van der Waals surface area contributed by atoms with Crippen LogP contribution >= 0.6 is 0 Å². The lowest BCUT2D eigenvalue weighted by atomic mass is 10.0. The average molecular weight is 419 g/mol. The summed E-state index contributed by atoms with van der Waals surface area (Å²) in [5, 5.41) is 0.409. The molecule has 0 aliphatic carbocycles. The zero-order valence-electron chi connectivity index (χ0n) is 16.0. The number of nitrogen functional groups attached to an aromatic ring is 1. The standard InChI is InChI=1S/C21H17N5O3S/c1-25-19-10-14(11-23-18(19)12-30(25,28)29)13-7-8-17-16(9-13)20(27)26(21(22)24-17)15-5-3-2-4-6-15/h2-11H,12H2,1H3,(H2,22,24). The van der Waals surface area contributed by atoms with Crippen LogP contribution in [0.15, 0.2) is 65.6 Å². The molecular weight excluding hydrogens is 402 g/mol. The van der Waals surface area contributed by atoms with Crippen LogP contribution in [0.1, 0.15) is 5.69 Å². The number of hydrogen-bond acceptors (Lipinski definition) is 6. The predicted octanol–water partition coefficient (Wildman–Crippen LogP) is 2.31. The molecule has 0 radical (unpaired) electrons. The zero-order chi connectivity index (χ0) is 21.0. The van der Waals surface area contributed by atoms with E-state index in [1.54, 1.807) is 36.5 Å². The van der Waals surface area contributed by atoms with Crippen LogP contribution in [-0.4, -0.2) is 30.0 Å². The van der Waals surface area contributed by atoms with E-state index in [1.165, 1.54) is 15.9 Å². The summed E-state index contributed by atoms with van der Waals surface area (Å²) in [6.07, 6.45) is 1.62. The van der Waals surface area contributed by atoms with E-state index in [-0.39, 0.29) is 17.3 Å². The fourth-order valence-electron chi connectivity index (χ4n) is 3.65. The first kappa shape index (κ1) is 18.3. The van der Waals surface area contributed by atoms with Crippen LogP contribution in [0.5, 0.6) is 0 Å². The van der Waals surface area contributed by atoms with Crippen molar-refractivity contribution < 1.29 is 8.42 Å². The van der Waals surface area contributed by atoms with Gasteiger partial charge in [-0.15, -0.1) is 0 Å². The Kier molecular flexibility index (Phi) is 3.90. The van der Waals surface area contributed by atoms with Crippen LogP contribution in [0.2, 0.25) is 0 Å². The third kappa shape index (κ3) is 2.74. The summed E-state index contributed by atoms with van der Waals surface area (Å²) in [5.41, 5.74) is 9.40. The van der Waals surface area contributed by atoms with Crippen LogP contribution < -0.4 is 15.6 Å². The molecule has 0 saturated heterocycles. The number of anilines is 2. The van der Waals surface area contributed by atoms with E-state index in [0.29, 0.717) is 33.5 Å². The van der Waals surface area contributed by atoms with Gasteiger partial charge in [-0.2, -0.15) is 0 Å². The maximum Gasteiger partial charge on any atom is 0.267 e. The Morgan fingerprint density at radius 1 is 1.03 bits per heavy atom. The number of para-hydroxylation sites is 1. The van der Waals surface area contributed by atoms with Crippen molar-refractivity contribution in [3.05, 3.63) is 76.8 Å². The minimum absolute atomic E-state index is 0.109. The number of pyridine rings is 1. The lowest BCUT2D eigenvalue weighted by Gasteiger charge is -2.13. The molecule has 9 heteroatoms. The molecule has 0 amide bonds. The van der Waals surface area contributed by atoms with Gasteiger partial charge in [-0.25, -0.2) is 18.0 Å². The Balaban J connectivity index is 1.68. The van der Waals surface area contributed by atoms with Gasteiger partial charge in [0.25, 0.3) is 5.56 Å². The third-order valence-corrected chi connectivity index (χ3v) is 6.93. The normalized spacial score (nSPS) is 14.8. The Hall–Kier alpha value is -3.72. The summed E-state index contributed by atoms with van der Waals surface area (Å²) < 4.78 is 26.8. The summed E-state index contributed by atoms with van der Waals surface area (Å²) in [5.74, 6) is -0.000535. The fourth-order valence-corrected chi connectivity index (χ4v) is 4.87. The summed E-state index contributed by atoms with van der Waals surface area (Å²) in [6.45, 7) is 0. The fraction of sp³-hybridized carbons (Fsp3) is 0.0952. The lowest BCUT2D eigenvalue weighted by molar-refractivity contribution is 0.596. The number of nitrogens with zero attached hydrogens (tertiary/aromatic N) is 4. The van der Waals surface area contributed by atoms with Gasteiger partial charge in [-0.3, -0.25) is 14.1 Å². The minimum Gasteiger partial charge on any atom is -0.369 e. The molecule has 0 saturated carbocycles. The molecule has 0 atom stereocenters. The van der Waals surface area contributed by atoms with E-state index in [4.69, 9.17) is 5.73 Å². The van der Waals surface area contributed by atoms with Crippen molar-refractivity contribution in [1.82, 2.24) is 14.5 Å². The maximum atomic E-state index is 13.2. The molecule has 2 aromatic carbocycles. The first-order chi connectivity index (χ1) is 14.3. The van der Waals surface area contributed by atoms with E-state index in [1.807, 2.05) is 24.3 Å². The molecule has 0 spiro atoms. The van der Waals surface area contributed by atoms with E-state index < -0.39 is 10.0 Å². The predicted molar refractivity (Wildman–Crippen MR) is 116 cm³/mol. The van der Waals surface area contributed by atoms with Gasteiger partial charge in [0, 0.05) is 18.8 Å². The van der Waals surface area contributed by atoms with Crippen molar-refractivity contribution in [2.75, 3.05) is 17.1 Å². The number of benzene rings is 2. The second kappa shape index (κ2) is 6.39. The van der Waals surface area contributed by atoms with Crippen LogP contribution in [0.4, 0.5) is 11.6 Å².